The lowest BCUT2D eigenvalue weighted by Crippen LogP contribution is -2.42. The van der Waals surface area contributed by atoms with Gasteiger partial charge in [-0.05, 0) is 38.0 Å². The van der Waals surface area contributed by atoms with Crippen molar-refractivity contribution in [3.05, 3.63) is 70.8 Å². The molecule has 148 valence electrons. The van der Waals surface area contributed by atoms with Crippen LogP contribution in [0.4, 0.5) is 0 Å². The number of benzene rings is 2. The van der Waals surface area contributed by atoms with Gasteiger partial charge in [0.15, 0.2) is 0 Å². The van der Waals surface area contributed by atoms with Gasteiger partial charge in [-0.15, -0.1) is 0 Å². The Balaban J connectivity index is 1.46. The van der Waals surface area contributed by atoms with Crippen LogP contribution in [0.25, 0.3) is 0 Å². The van der Waals surface area contributed by atoms with E-state index < -0.39 is 0 Å². The quantitative estimate of drug-likeness (QED) is 0.869. The Morgan fingerprint density at radius 3 is 2.18 bits per heavy atom. The van der Waals surface area contributed by atoms with Crippen LogP contribution in [0.3, 0.4) is 0 Å². The van der Waals surface area contributed by atoms with E-state index in [9.17, 15) is 9.59 Å². The molecule has 0 bridgehead atoms. The van der Waals surface area contributed by atoms with Gasteiger partial charge in [-0.2, -0.15) is 0 Å². The first-order valence-electron chi connectivity index (χ1n) is 9.92. The van der Waals surface area contributed by atoms with Crippen molar-refractivity contribution in [2.75, 3.05) is 32.7 Å². The molecule has 0 spiro atoms. The average Bonchev–Trinajstić information content (AvgIpc) is 2.94. The van der Waals surface area contributed by atoms with E-state index >= 15 is 0 Å². The number of amides is 2. The largest absolute Gasteiger partial charge is 0.343 e. The third-order valence-corrected chi connectivity index (χ3v) is 5.18. The number of hydrogen-bond acceptors (Lipinski definition) is 3. The van der Waals surface area contributed by atoms with Gasteiger partial charge < -0.3 is 10.2 Å². The summed E-state index contributed by atoms with van der Waals surface area (Å²) >= 11 is 0. The van der Waals surface area contributed by atoms with Gasteiger partial charge in [0.1, 0.15) is 0 Å². The standard InChI is InChI=1S/C23H29N3O2/c1-18-4-8-20(9-5-18)17-25-12-3-13-26(15-14-25)22(27)16-24-23(28)21-10-6-19(2)7-11-21/h4-11H,3,12-17H2,1-2H3,(H,24,28). The smallest absolute Gasteiger partial charge is 0.251 e. The number of aryl methyl sites for hydroxylation is 2. The molecule has 28 heavy (non-hydrogen) atoms. The molecule has 2 amide bonds. The SMILES string of the molecule is Cc1ccc(CN2CCCN(C(=O)CNC(=O)c3ccc(C)cc3)CC2)cc1. The molecule has 1 saturated heterocycles. The Morgan fingerprint density at radius 1 is 0.857 bits per heavy atom. The molecule has 2 aromatic carbocycles. The topological polar surface area (TPSA) is 52.6 Å². The zero-order valence-corrected chi connectivity index (χ0v) is 16.8. The van der Waals surface area contributed by atoms with Gasteiger partial charge in [0.05, 0.1) is 6.54 Å². The molecule has 5 nitrogen and oxygen atoms in total. The molecular formula is C23H29N3O2. The molecule has 1 N–H and O–H groups in total. The molecule has 0 aromatic heterocycles. The van der Waals surface area contributed by atoms with Crippen LogP contribution in [0, 0.1) is 13.8 Å². The summed E-state index contributed by atoms with van der Waals surface area (Å²) in [5, 5.41) is 2.75. The molecule has 1 aliphatic heterocycles. The van der Waals surface area contributed by atoms with E-state index in [2.05, 4.69) is 41.4 Å². The van der Waals surface area contributed by atoms with Gasteiger partial charge in [0.25, 0.3) is 5.91 Å². The number of nitrogens with zero attached hydrogens (tertiary/aromatic N) is 2. The molecule has 0 unspecified atom stereocenters. The van der Waals surface area contributed by atoms with E-state index in [1.807, 2.05) is 24.0 Å². The Hall–Kier alpha value is -2.66. The fraction of sp³-hybridized carbons (Fsp3) is 0.391. The monoisotopic (exact) mass is 379 g/mol. The van der Waals surface area contributed by atoms with Crippen molar-refractivity contribution in [3.8, 4) is 0 Å². The molecule has 2 aromatic rings. The highest BCUT2D eigenvalue weighted by atomic mass is 16.2. The van der Waals surface area contributed by atoms with Crippen LogP contribution in [0.5, 0.6) is 0 Å². The highest BCUT2D eigenvalue weighted by Crippen LogP contribution is 2.10. The minimum atomic E-state index is -0.204. The fourth-order valence-corrected chi connectivity index (χ4v) is 3.40. The summed E-state index contributed by atoms with van der Waals surface area (Å²) in [5.41, 5.74) is 4.26. The van der Waals surface area contributed by atoms with Crippen LogP contribution in [0.1, 0.15) is 33.5 Å². The number of rotatable bonds is 5. The van der Waals surface area contributed by atoms with E-state index in [4.69, 9.17) is 0 Å². The second-order valence-corrected chi connectivity index (χ2v) is 7.54. The summed E-state index contributed by atoms with van der Waals surface area (Å²) in [7, 11) is 0. The van der Waals surface area contributed by atoms with Crippen LogP contribution in [0.15, 0.2) is 48.5 Å². The number of hydrogen-bond donors (Lipinski definition) is 1. The third kappa shape index (κ3) is 5.67. The Kier molecular flexibility index (Phi) is 6.82. The van der Waals surface area contributed by atoms with Crippen molar-refractivity contribution in [1.82, 2.24) is 15.1 Å². The van der Waals surface area contributed by atoms with Crippen molar-refractivity contribution in [2.24, 2.45) is 0 Å². The number of carbonyl (C=O) groups is 2. The van der Waals surface area contributed by atoms with E-state index in [-0.39, 0.29) is 18.4 Å². The lowest BCUT2D eigenvalue weighted by molar-refractivity contribution is -0.130. The lowest BCUT2D eigenvalue weighted by Gasteiger charge is -2.22. The highest BCUT2D eigenvalue weighted by molar-refractivity contribution is 5.96. The predicted octanol–water partition coefficient (Wildman–Crippen LogP) is 2.77. The number of carbonyl (C=O) groups excluding carboxylic acids is 2. The van der Waals surface area contributed by atoms with Gasteiger partial charge >= 0.3 is 0 Å². The molecule has 0 atom stereocenters. The normalized spacial score (nSPS) is 15.1. The van der Waals surface area contributed by atoms with Gasteiger partial charge in [-0.3, -0.25) is 14.5 Å². The fourth-order valence-electron chi connectivity index (χ4n) is 3.40. The van der Waals surface area contributed by atoms with Crippen molar-refractivity contribution < 1.29 is 9.59 Å². The molecule has 1 aliphatic rings. The zero-order valence-electron chi connectivity index (χ0n) is 16.8. The van der Waals surface area contributed by atoms with Crippen LogP contribution in [0.2, 0.25) is 0 Å². The highest BCUT2D eigenvalue weighted by Gasteiger charge is 2.19. The first kappa shape index (κ1) is 20.1. The minimum absolute atomic E-state index is 0.0161. The van der Waals surface area contributed by atoms with Crippen LogP contribution in [-0.2, 0) is 11.3 Å². The Labute approximate surface area is 167 Å². The van der Waals surface area contributed by atoms with Crippen molar-refractivity contribution >= 4 is 11.8 Å². The first-order valence-corrected chi connectivity index (χ1v) is 9.92. The maximum absolute atomic E-state index is 12.5. The van der Waals surface area contributed by atoms with Crippen LogP contribution in [-0.4, -0.2) is 54.3 Å². The summed E-state index contributed by atoms with van der Waals surface area (Å²) in [4.78, 5) is 29.0. The van der Waals surface area contributed by atoms with Crippen LogP contribution >= 0.6 is 0 Å². The van der Waals surface area contributed by atoms with Crippen molar-refractivity contribution in [3.63, 3.8) is 0 Å². The van der Waals surface area contributed by atoms with Crippen molar-refractivity contribution in [2.45, 2.75) is 26.8 Å². The Bertz CT molecular complexity index is 800. The molecule has 5 heteroatoms. The molecule has 1 fully saturated rings. The Morgan fingerprint density at radius 2 is 1.50 bits per heavy atom. The van der Waals surface area contributed by atoms with Crippen LogP contribution < -0.4 is 5.32 Å². The summed E-state index contributed by atoms with van der Waals surface area (Å²) in [6, 6.07) is 16.0. The lowest BCUT2D eigenvalue weighted by atomic mass is 10.1. The summed E-state index contributed by atoms with van der Waals surface area (Å²) < 4.78 is 0. The minimum Gasteiger partial charge on any atom is -0.343 e. The van der Waals surface area contributed by atoms with Gasteiger partial charge in [-0.25, -0.2) is 0 Å². The number of nitrogens with one attached hydrogen (secondary N) is 1. The first-order chi connectivity index (χ1) is 13.5. The molecule has 1 heterocycles. The second kappa shape index (κ2) is 9.51. The molecule has 0 radical (unpaired) electrons. The van der Waals surface area contributed by atoms with Gasteiger partial charge in [0, 0.05) is 38.3 Å². The molecule has 3 rings (SSSR count). The summed E-state index contributed by atoms with van der Waals surface area (Å²) in [5.74, 6) is -0.221. The second-order valence-electron chi connectivity index (χ2n) is 7.54. The predicted molar refractivity (Wildman–Crippen MR) is 111 cm³/mol. The van der Waals surface area contributed by atoms with Gasteiger partial charge in [-0.1, -0.05) is 47.5 Å². The van der Waals surface area contributed by atoms with E-state index in [0.29, 0.717) is 12.1 Å². The molecular weight excluding hydrogens is 350 g/mol. The average molecular weight is 380 g/mol. The van der Waals surface area contributed by atoms with E-state index in [1.54, 1.807) is 12.1 Å². The zero-order chi connectivity index (χ0) is 19.9. The molecule has 0 aliphatic carbocycles. The van der Waals surface area contributed by atoms with E-state index in [1.165, 1.54) is 11.1 Å². The van der Waals surface area contributed by atoms with Crippen molar-refractivity contribution in [1.29, 1.82) is 0 Å². The summed E-state index contributed by atoms with van der Waals surface area (Å²) in [6.45, 7) is 8.30. The maximum Gasteiger partial charge on any atom is 0.251 e. The third-order valence-electron chi connectivity index (χ3n) is 5.18. The molecule has 0 saturated carbocycles. The van der Waals surface area contributed by atoms with Gasteiger partial charge in [0.2, 0.25) is 5.91 Å². The van der Waals surface area contributed by atoms with E-state index in [0.717, 1.165) is 38.2 Å². The maximum atomic E-state index is 12.5. The summed E-state index contributed by atoms with van der Waals surface area (Å²) in [6.07, 6.45) is 0.948.